The predicted molar refractivity (Wildman–Crippen MR) is 121 cm³/mol. The second-order valence-electron chi connectivity index (χ2n) is 9.42. The average molecular weight is 450 g/mol. The summed E-state index contributed by atoms with van der Waals surface area (Å²) in [4.78, 5) is 50.3. The predicted octanol–water partition coefficient (Wildman–Crippen LogP) is 3.49. The Morgan fingerprint density at radius 2 is 1.94 bits per heavy atom. The number of benzene rings is 2. The molecule has 0 spiro atoms. The molecular weight excluding hydrogens is 422 g/mol. The van der Waals surface area contributed by atoms with Crippen molar-refractivity contribution in [3.8, 4) is 0 Å². The van der Waals surface area contributed by atoms with Gasteiger partial charge in [-0.15, -0.1) is 0 Å². The Hall–Kier alpha value is -3.68. The molecule has 2 aromatic carbocycles. The number of carbonyl (C=O) groups excluding carboxylic acids is 4. The van der Waals surface area contributed by atoms with E-state index < -0.39 is 18.0 Å². The molecular formula is C25H27N3O5. The molecule has 2 aromatic rings. The van der Waals surface area contributed by atoms with Crippen molar-refractivity contribution in [2.24, 2.45) is 0 Å². The summed E-state index contributed by atoms with van der Waals surface area (Å²) in [7, 11) is 0. The topological polar surface area (TPSA) is 105 Å². The molecule has 0 saturated carbocycles. The van der Waals surface area contributed by atoms with Gasteiger partial charge in [0, 0.05) is 24.2 Å². The number of carbonyl (C=O) groups is 4. The third-order valence-corrected chi connectivity index (χ3v) is 5.94. The number of rotatable bonds is 4. The van der Waals surface area contributed by atoms with Gasteiger partial charge in [0.15, 0.2) is 0 Å². The van der Waals surface area contributed by atoms with E-state index in [2.05, 4.69) is 31.4 Å². The Morgan fingerprint density at radius 1 is 1.15 bits per heavy atom. The van der Waals surface area contributed by atoms with Gasteiger partial charge in [-0.05, 0) is 46.7 Å². The number of nitrogens with zero attached hydrogens (tertiary/aromatic N) is 1. The summed E-state index contributed by atoms with van der Waals surface area (Å²) >= 11 is 0. The lowest BCUT2D eigenvalue weighted by Crippen LogP contribution is -2.52. The van der Waals surface area contributed by atoms with Gasteiger partial charge in [-0.1, -0.05) is 45.0 Å². The molecule has 1 fully saturated rings. The minimum atomic E-state index is -0.656. The largest absolute Gasteiger partial charge is 0.444 e. The van der Waals surface area contributed by atoms with Gasteiger partial charge in [-0.3, -0.25) is 25.0 Å². The van der Waals surface area contributed by atoms with Crippen molar-refractivity contribution in [1.82, 2.24) is 10.2 Å². The van der Waals surface area contributed by atoms with E-state index in [1.165, 1.54) is 4.90 Å². The van der Waals surface area contributed by atoms with E-state index >= 15 is 0 Å². The number of ether oxygens (including phenoxy) is 1. The van der Waals surface area contributed by atoms with Gasteiger partial charge in [0.05, 0.1) is 0 Å². The number of hydrogen-bond donors (Lipinski definition) is 2. The maximum Gasteiger partial charge on any atom is 0.411 e. The standard InChI is InChI=1S/C25H27N3O5/c1-25(2,3)17-5-4-6-18(12-17)26-24(32)33-14-15-7-8-16-13-28(23(31)19(16)11-15)20-9-10-21(29)27-22(20)30/h4-8,11-12,20H,9-10,13-14H2,1-3H3,(H,26,32)(H,27,29,30). The van der Waals surface area contributed by atoms with Crippen LogP contribution in [0.1, 0.15) is 60.7 Å². The summed E-state index contributed by atoms with van der Waals surface area (Å²) in [6, 6.07) is 12.3. The first-order valence-electron chi connectivity index (χ1n) is 10.9. The maximum atomic E-state index is 12.9. The molecule has 0 aromatic heterocycles. The Morgan fingerprint density at radius 3 is 2.67 bits per heavy atom. The summed E-state index contributed by atoms with van der Waals surface area (Å²) < 4.78 is 5.35. The van der Waals surface area contributed by atoms with Crippen LogP contribution in [0.15, 0.2) is 42.5 Å². The van der Waals surface area contributed by atoms with E-state index in [-0.39, 0.29) is 30.3 Å². The summed E-state index contributed by atoms with van der Waals surface area (Å²) in [5.74, 6) is -1.02. The highest BCUT2D eigenvalue weighted by Crippen LogP contribution is 2.28. The van der Waals surface area contributed by atoms with Crippen LogP contribution in [0.2, 0.25) is 0 Å². The number of anilines is 1. The van der Waals surface area contributed by atoms with Crippen LogP contribution in [0, 0.1) is 0 Å². The van der Waals surface area contributed by atoms with Gasteiger partial charge in [0.25, 0.3) is 5.91 Å². The second kappa shape index (κ2) is 8.69. The Labute approximate surface area is 192 Å². The zero-order valence-corrected chi connectivity index (χ0v) is 18.9. The van der Waals surface area contributed by atoms with Crippen LogP contribution < -0.4 is 10.6 Å². The van der Waals surface area contributed by atoms with Gasteiger partial charge in [-0.2, -0.15) is 0 Å². The molecule has 0 radical (unpaired) electrons. The molecule has 1 atom stereocenters. The van der Waals surface area contributed by atoms with E-state index in [4.69, 9.17) is 4.74 Å². The van der Waals surface area contributed by atoms with Gasteiger partial charge in [0.2, 0.25) is 11.8 Å². The Bertz CT molecular complexity index is 1140. The molecule has 0 aliphatic carbocycles. The summed E-state index contributed by atoms with van der Waals surface area (Å²) in [6.45, 7) is 6.61. The monoisotopic (exact) mass is 449 g/mol. The van der Waals surface area contributed by atoms with E-state index in [9.17, 15) is 19.2 Å². The molecule has 2 aliphatic rings. The van der Waals surface area contributed by atoms with Crippen LogP contribution in [0.3, 0.4) is 0 Å². The first-order chi connectivity index (χ1) is 15.6. The lowest BCUT2D eigenvalue weighted by Gasteiger charge is -2.29. The SMILES string of the molecule is CC(C)(C)c1cccc(NC(=O)OCc2ccc3c(c2)C(=O)N(C2CCC(=O)NC2=O)C3)c1. The van der Waals surface area contributed by atoms with Gasteiger partial charge in [-0.25, -0.2) is 4.79 Å². The van der Waals surface area contributed by atoms with Crippen LogP contribution in [-0.4, -0.2) is 34.8 Å². The van der Waals surface area contributed by atoms with Crippen LogP contribution in [0.25, 0.3) is 0 Å². The first-order valence-corrected chi connectivity index (χ1v) is 10.9. The number of amides is 4. The molecule has 0 bridgehead atoms. The molecule has 1 unspecified atom stereocenters. The summed E-state index contributed by atoms with van der Waals surface area (Å²) in [5.41, 5.74) is 3.66. The number of nitrogens with one attached hydrogen (secondary N) is 2. The fraction of sp³-hybridized carbons (Fsp3) is 0.360. The van der Waals surface area contributed by atoms with Crippen LogP contribution in [-0.2, 0) is 32.9 Å². The molecule has 4 rings (SSSR count). The summed E-state index contributed by atoms with van der Waals surface area (Å²) in [5, 5.41) is 5.03. The minimum absolute atomic E-state index is 0.00374. The zero-order chi connectivity index (χ0) is 23.8. The van der Waals surface area contributed by atoms with E-state index in [1.807, 2.05) is 24.3 Å². The molecule has 8 heteroatoms. The van der Waals surface area contributed by atoms with E-state index in [0.717, 1.165) is 11.1 Å². The highest BCUT2D eigenvalue weighted by Gasteiger charge is 2.39. The van der Waals surface area contributed by atoms with Crippen molar-refractivity contribution in [2.75, 3.05) is 5.32 Å². The van der Waals surface area contributed by atoms with Crippen LogP contribution in [0.4, 0.5) is 10.5 Å². The van der Waals surface area contributed by atoms with Crippen molar-refractivity contribution in [3.05, 3.63) is 64.7 Å². The molecule has 33 heavy (non-hydrogen) atoms. The normalized spacial score (nSPS) is 18.1. The lowest BCUT2D eigenvalue weighted by molar-refractivity contribution is -0.136. The highest BCUT2D eigenvalue weighted by atomic mass is 16.5. The fourth-order valence-corrected chi connectivity index (χ4v) is 4.06. The van der Waals surface area contributed by atoms with Crippen molar-refractivity contribution in [3.63, 3.8) is 0 Å². The molecule has 2 N–H and O–H groups in total. The molecule has 8 nitrogen and oxygen atoms in total. The molecule has 2 heterocycles. The third kappa shape index (κ3) is 4.89. The summed E-state index contributed by atoms with van der Waals surface area (Å²) in [6.07, 6.45) is -0.0570. The molecule has 4 amide bonds. The van der Waals surface area contributed by atoms with Crippen LogP contribution >= 0.6 is 0 Å². The maximum absolute atomic E-state index is 12.9. The Kier molecular flexibility index (Phi) is 5.93. The van der Waals surface area contributed by atoms with Crippen molar-refractivity contribution < 1.29 is 23.9 Å². The van der Waals surface area contributed by atoms with Crippen molar-refractivity contribution in [1.29, 1.82) is 0 Å². The molecule has 1 saturated heterocycles. The van der Waals surface area contributed by atoms with Crippen molar-refractivity contribution in [2.45, 2.75) is 58.2 Å². The smallest absolute Gasteiger partial charge is 0.411 e. The van der Waals surface area contributed by atoms with E-state index in [0.29, 0.717) is 29.8 Å². The third-order valence-electron chi connectivity index (χ3n) is 5.94. The second-order valence-corrected chi connectivity index (χ2v) is 9.42. The van der Waals surface area contributed by atoms with Gasteiger partial charge >= 0.3 is 6.09 Å². The minimum Gasteiger partial charge on any atom is -0.444 e. The van der Waals surface area contributed by atoms with Gasteiger partial charge < -0.3 is 9.64 Å². The first kappa shape index (κ1) is 22.5. The van der Waals surface area contributed by atoms with E-state index in [1.54, 1.807) is 18.2 Å². The average Bonchev–Trinajstić information content (AvgIpc) is 3.08. The fourth-order valence-electron chi connectivity index (χ4n) is 4.06. The Balaban J connectivity index is 1.38. The zero-order valence-electron chi connectivity index (χ0n) is 18.9. The highest BCUT2D eigenvalue weighted by molar-refractivity contribution is 6.05. The van der Waals surface area contributed by atoms with Gasteiger partial charge in [0.1, 0.15) is 12.6 Å². The lowest BCUT2D eigenvalue weighted by atomic mass is 9.87. The quantitative estimate of drug-likeness (QED) is 0.696. The number of hydrogen-bond acceptors (Lipinski definition) is 5. The molecule has 2 aliphatic heterocycles. The number of imide groups is 1. The van der Waals surface area contributed by atoms with Crippen molar-refractivity contribution >= 4 is 29.5 Å². The number of fused-ring (bicyclic) bond motifs is 1. The molecule has 172 valence electrons. The number of piperidine rings is 1. The van der Waals surface area contributed by atoms with Crippen LogP contribution in [0.5, 0.6) is 0 Å².